The molecule has 0 aliphatic heterocycles. The minimum absolute atomic E-state index is 0.0187. The Balaban J connectivity index is 3.93. The first-order valence-electron chi connectivity index (χ1n) is 4.89. The summed E-state index contributed by atoms with van der Waals surface area (Å²) in [7, 11) is 1.79. The molecule has 0 aromatic heterocycles. The average molecular weight is 173 g/mol. The third-order valence-corrected chi connectivity index (χ3v) is 2.78. The highest BCUT2D eigenvalue weighted by molar-refractivity contribution is 4.84. The summed E-state index contributed by atoms with van der Waals surface area (Å²) in [5.41, 5.74) is -0.0187. The topological polar surface area (TPSA) is 21.3 Å². The second-order valence-electron chi connectivity index (χ2n) is 3.55. The van der Waals surface area contributed by atoms with Gasteiger partial charge in [-0.15, -0.1) is 0 Å². The van der Waals surface area contributed by atoms with E-state index < -0.39 is 0 Å². The molecule has 2 unspecified atom stereocenters. The number of ether oxygens (including phenoxy) is 1. The summed E-state index contributed by atoms with van der Waals surface area (Å²) in [5, 5.41) is 3.45. The van der Waals surface area contributed by atoms with Crippen LogP contribution in [0.3, 0.4) is 0 Å². The van der Waals surface area contributed by atoms with Gasteiger partial charge in [-0.3, -0.25) is 0 Å². The van der Waals surface area contributed by atoms with Crippen LogP contribution in [0.1, 0.15) is 40.5 Å². The SMILES string of the molecule is CCCNC(C)C(C)(CC)OC. The van der Waals surface area contributed by atoms with Gasteiger partial charge in [-0.25, -0.2) is 0 Å². The van der Waals surface area contributed by atoms with Gasteiger partial charge in [-0.2, -0.15) is 0 Å². The summed E-state index contributed by atoms with van der Waals surface area (Å²) in [5.74, 6) is 0. The van der Waals surface area contributed by atoms with Crippen molar-refractivity contribution < 1.29 is 4.74 Å². The van der Waals surface area contributed by atoms with Crippen molar-refractivity contribution in [2.24, 2.45) is 0 Å². The third-order valence-electron chi connectivity index (χ3n) is 2.78. The van der Waals surface area contributed by atoms with Gasteiger partial charge in [0, 0.05) is 13.2 Å². The highest BCUT2D eigenvalue weighted by atomic mass is 16.5. The smallest absolute Gasteiger partial charge is 0.0797 e. The summed E-state index contributed by atoms with van der Waals surface area (Å²) in [6.45, 7) is 9.74. The van der Waals surface area contributed by atoms with Gasteiger partial charge in [0.2, 0.25) is 0 Å². The fourth-order valence-electron chi connectivity index (χ4n) is 1.20. The van der Waals surface area contributed by atoms with E-state index in [0.717, 1.165) is 13.0 Å². The monoisotopic (exact) mass is 173 g/mol. The lowest BCUT2D eigenvalue weighted by molar-refractivity contribution is -0.0237. The fourth-order valence-corrected chi connectivity index (χ4v) is 1.20. The lowest BCUT2D eigenvalue weighted by Gasteiger charge is -2.34. The van der Waals surface area contributed by atoms with Crippen molar-refractivity contribution in [3.05, 3.63) is 0 Å². The largest absolute Gasteiger partial charge is 0.377 e. The van der Waals surface area contributed by atoms with Gasteiger partial charge >= 0.3 is 0 Å². The lowest BCUT2D eigenvalue weighted by Crippen LogP contribution is -2.48. The predicted molar refractivity (Wildman–Crippen MR) is 53.5 cm³/mol. The van der Waals surface area contributed by atoms with E-state index in [1.807, 2.05) is 0 Å². The molecule has 0 fully saturated rings. The van der Waals surface area contributed by atoms with Gasteiger partial charge in [0.15, 0.2) is 0 Å². The number of hydrogen-bond acceptors (Lipinski definition) is 2. The van der Waals surface area contributed by atoms with Crippen LogP contribution in [0.25, 0.3) is 0 Å². The molecular weight excluding hydrogens is 150 g/mol. The summed E-state index contributed by atoms with van der Waals surface area (Å²) < 4.78 is 5.48. The maximum Gasteiger partial charge on any atom is 0.0797 e. The fraction of sp³-hybridized carbons (Fsp3) is 1.00. The van der Waals surface area contributed by atoms with Crippen LogP contribution in [-0.4, -0.2) is 25.3 Å². The highest BCUT2D eigenvalue weighted by Gasteiger charge is 2.27. The van der Waals surface area contributed by atoms with E-state index in [1.54, 1.807) is 7.11 Å². The van der Waals surface area contributed by atoms with E-state index in [1.165, 1.54) is 6.42 Å². The summed E-state index contributed by atoms with van der Waals surface area (Å²) in [4.78, 5) is 0. The second kappa shape index (κ2) is 5.55. The molecule has 0 aliphatic carbocycles. The maximum absolute atomic E-state index is 5.48. The van der Waals surface area contributed by atoms with Crippen molar-refractivity contribution in [3.63, 3.8) is 0 Å². The Labute approximate surface area is 76.7 Å². The van der Waals surface area contributed by atoms with Gasteiger partial charge in [-0.05, 0) is 33.2 Å². The highest BCUT2D eigenvalue weighted by Crippen LogP contribution is 2.18. The average Bonchev–Trinajstić information content (AvgIpc) is 2.12. The number of hydrogen-bond donors (Lipinski definition) is 1. The molecule has 0 bridgehead atoms. The molecule has 0 spiro atoms. The molecule has 2 heteroatoms. The van der Waals surface area contributed by atoms with Gasteiger partial charge in [0.05, 0.1) is 5.60 Å². The van der Waals surface area contributed by atoms with Crippen molar-refractivity contribution in [3.8, 4) is 0 Å². The zero-order valence-electron chi connectivity index (χ0n) is 9.11. The first kappa shape index (κ1) is 11.9. The predicted octanol–water partition coefficient (Wildman–Crippen LogP) is 2.19. The molecule has 2 atom stereocenters. The van der Waals surface area contributed by atoms with Crippen LogP contribution < -0.4 is 5.32 Å². The second-order valence-corrected chi connectivity index (χ2v) is 3.55. The Morgan fingerprint density at radius 3 is 2.33 bits per heavy atom. The zero-order chi connectivity index (χ0) is 9.61. The first-order valence-corrected chi connectivity index (χ1v) is 4.89. The van der Waals surface area contributed by atoms with Crippen LogP contribution in [-0.2, 0) is 4.74 Å². The Hall–Kier alpha value is -0.0800. The van der Waals surface area contributed by atoms with Crippen molar-refractivity contribution >= 4 is 0 Å². The third kappa shape index (κ3) is 3.11. The molecule has 0 rings (SSSR count). The summed E-state index contributed by atoms with van der Waals surface area (Å²) in [6.07, 6.45) is 2.22. The standard InChI is InChI=1S/C10H23NO/c1-6-8-11-9(3)10(4,7-2)12-5/h9,11H,6-8H2,1-5H3. The molecule has 0 aromatic rings. The Morgan fingerprint density at radius 1 is 1.42 bits per heavy atom. The van der Waals surface area contributed by atoms with E-state index in [-0.39, 0.29) is 5.60 Å². The van der Waals surface area contributed by atoms with Crippen LogP contribution in [0.15, 0.2) is 0 Å². The molecule has 0 saturated heterocycles. The summed E-state index contributed by atoms with van der Waals surface area (Å²) in [6, 6.07) is 0.424. The Morgan fingerprint density at radius 2 is 2.00 bits per heavy atom. The minimum atomic E-state index is -0.0187. The molecule has 12 heavy (non-hydrogen) atoms. The minimum Gasteiger partial charge on any atom is -0.377 e. The van der Waals surface area contributed by atoms with E-state index in [0.29, 0.717) is 6.04 Å². The molecule has 1 N–H and O–H groups in total. The summed E-state index contributed by atoms with van der Waals surface area (Å²) >= 11 is 0. The van der Waals surface area contributed by atoms with Crippen LogP contribution in [0.5, 0.6) is 0 Å². The normalized spacial score (nSPS) is 18.8. The van der Waals surface area contributed by atoms with Gasteiger partial charge in [-0.1, -0.05) is 13.8 Å². The maximum atomic E-state index is 5.48. The quantitative estimate of drug-likeness (QED) is 0.665. The zero-order valence-corrected chi connectivity index (χ0v) is 9.11. The molecule has 0 saturated carbocycles. The van der Waals surface area contributed by atoms with E-state index >= 15 is 0 Å². The van der Waals surface area contributed by atoms with Crippen LogP contribution >= 0.6 is 0 Å². The molecule has 74 valence electrons. The van der Waals surface area contributed by atoms with E-state index in [9.17, 15) is 0 Å². The van der Waals surface area contributed by atoms with Gasteiger partial charge in [0.25, 0.3) is 0 Å². The van der Waals surface area contributed by atoms with Crippen LogP contribution in [0.2, 0.25) is 0 Å². The Kier molecular flexibility index (Phi) is 5.51. The molecule has 0 radical (unpaired) electrons. The molecule has 2 nitrogen and oxygen atoms in total. The number of methoxy groups -OCH3 is 1. The van der Waals surface area contributed by atoms with Crippen molar-refractivity contribution in [2.45, 2.75) is 52.2 Å². The van der Waals surface area contributed by atoms with E-state index in [2.05, 4.69) is 33.0 Å². The molecule has 0 aromatic carbocycles. The van der Waals surface area contributed by atoms with Crippen LogP contribution in [0, 0.1) is 0 Å². The lowest BCUT2D eigenvalue weighted by atomic mass is 9.94. The van der Waals surface area contributed by atoms with Gasteiger partial charge in [0.1, 0.15) is 0 Å². The van der Waals surface area contributed by atoms with Crippen LogP contribution in [0.4, 0.5) is 0 Å². The molecular formula is C10H23NO. The van der Waals surface area contributed by atoms with Crippen molar-refractivity contribution in [1.82, 2.24) is 5.32 Å². The van der Waals surface area contributed by atoms with Crippen molar-refractivity contribution in [1.29, 1.82) is 0 Å². The van der Waals surface area contributed by atoms with Gasteiger partial charge < -0.3 is 10.1 Å². The van der Waals surface area contributed by atoms with E-state index in [4.69, 9.17) is 4.74 Å². The Bertz CT molecular complexity index is 110. The molecule has 0 amide bonds. The molecule has 0 aliphatic rings. The van der Waals surface area contributed by atoms with Crippen molar-refractivity contribution in [2.75, 3.05) is 13.7 Å². The molecule has 0 heterocycles. The first-order chi connectivity index (χ1) is 5.60. The number of nitrogens with one attached hydrogen (secondary N) is 1. The number of rotatable bonds is 6.